The van der Waals surface area contributed by atoms with Gasteiger partial charge in [-0.25, -0.2) is 4.39 Å². The summed E-state index contributed by atoms with van der Waals surface area (Å²) in [6, 6.07) is 8.13. The number of hydrogen-bond donors (Lipinski definition) is 1. The van der Waals surface area contributed by atoms with Gasteiger partial charge in [0.25, 0.3) is 0 Å². The highest BCUT2D eigenvalue weighted by atomic mass is 79.9. The lowest BCUT2D eigenvalue weighted by Gasteiger charge is -2.16. The van der Waals surface area contributed by atoms with Crippen LogP contribution in [0.2, 0.25) is 5.02 Å². The van der Waals surface area contributed by atoms with Gasteiger partial charge in [-0.1, -0.05) is 33.6 Å². The zero-order chi connectivity index (χ0) is 19.8. The molecule has 7 heteroatoms. The van der Waals surface area contributed by atoms with Crippen molar-refractivity contribution in [3.8, 4) is 11.5 Å². The van der Waals surface area contributed by atoms with E-state index in [0.29, 0.717) is 28.7 Å². The van der Waals surface area contributed by atoms with Crippen LogP contribution in [0.15, 0.2) is 34.8 Å². The molecule has 148 valence electrons. The molecule has 0 bridgehead atoms. The van der Waals surface area contributed by atoms with E-state index in [2.05, 4.69) is 26.1 Å². The summed E-state index contributed by atoms with van der Waals surface area (Å²) in [5, 5.41) is 3.75. The van der Waals surface area contributed by atoms with Crippen molar-refractivity contribution in [3.05, 3.63) is 56.8 Å². The first-order chi connectivity index (χ1) is 12.9. The number of halogens is 3. The number of hydrogen-bond acceptors (Lipinski definition) is 4. The molecule has 0 radical (unpaired) electrons. The van der Waals surface area contributed by atoms with Crippen molar-refractivity contribution < 1.29 is 13.9 Å². The summed E-state index contributed by atoms with van der Waals surface area (Å²) in [5.74, 6) is 0.914. The Morgan fingerprint density at radius 1 is 1.11 bits per heavy atom. The Kier molecular flexibility index (Phi) is 8.83. The van der Waals surface area contributed by atoms with Crippen molar-refractivity contribution in [2.24, 2.45) is 0 Å². The monoisotopic (exact) mass is 458 g/mol. The summed E-state index contributed by atoms with van der Waals surface area (Å²) < 4.78 is 25.8. The SMILES string of the molecule is CCOc1cc(CNCCN(C)C)c(Br)cc1OCc1ccc(F)cc1Cl. The van der Waals surface area contributed by atoms with Crippen LogP contribution in [0.5, 0.6) is 11.5 Å². The van der Waals surface area contributed by atoms with E-state index in [4.69, 9.17) is 21.1 Å². The second-order valence-corrected chi connectivity index (χ2v) is 7.59. The van der Waals surface area contributed by atoms with Gasteiger partial charge in [-0.05, 0) is 50.8 Å². The average molecular weight is 460 g/mol. The van der Waals surface area contributed by atoms with E-state index < -0.39 is 0 Å². The molecule has 0 aromatic heterocycles. The third-order valence-corrected chi connectivity index (χ3v) is 4.95. The highest BCUT2D eigenvalue weighted by Crippen LogP contribution is 2.35. The first kappa shape index (κ1) is 22.0. The van der Waals surface area contributed by atoms with Crippen molar-refractivity contribution in [2.75, 3.05) is 33.8 Å². The average Bonchev–Trinajstić information content (AvgIpc) is 2.60. The molecule has 0 saturated heterocycles. The third-order valence-electron chi connectivity index (χ3n) is 3.86. The zero-order valence-electron chi connectivity index (χ0n) is 15.8. The number of ether oxygens (including phenoxy) is 2. The van der Waals surface area contributed by atoms with Crippen LogP contribution >= 0.6 is 27.5 Å². The van der Waals surface area contributed by atoms with Crippen LogP contribution in [0.4, 0.5) is 4.39 Å². The standard InChI is InChI=1S/C20H25BrClFN2O2/c1-4-26-19-9-15(12-24-7-8-25(2)3)17(21)11-20(19)27-13-14-5-6-16(23)10-18(14)22/h5-6,9-11,24H,4,7-8,12-13H2,1-3H3. The molecule has 0 atom stereocenters. The van der Waals surface area contributed by atoms with Crippen LogP contribution < -0.4 is 14.8 Å². The van der Waals surface area contributed by atoms with Gasteiger partial charge in [0.05, 0.1) is 11.6 Å². The van der Waals surface area contributed by atoms with Gasteiger partial charge < -0.3 is 19.7 Å². The molecule has 0 aliphatic carbocycles. The maximum absolute atomic E-state index is 13.2. The lowest BCUT2D eigenvalue weighted by atomic mass is 10.2. The molecule has 1 N–H and O–H groups in total. The van der Waals surface area contributed by atoms with Crippen LogP contribution in [0, 0.1) is 5.82 Å². The topological polar surface area (TPSA) is 33.7 Å². The highest BCUT2D eigenvalue weighted by molar-refractivity contribution is 9.10. The Morgan fingerprint density at radius 2 is 1.85 bits per heavy atom. The summed E-state index contributed by atoms with van der Waals surface area (Å²) in [7, 11) is 4.09. The van der Waals surface area contributed by atoms with E-state index in [0.717, 1.165) is 29.7 Å². The van der Waals surface area contributed by atoms with Crippen LogP contribution in [0.3, 0.4) is 0 Å². The number of likely N-dealkylation sites (N-methyl/N-ethyl adjacent to an activating group) is 1. The van der Waals surface area contributed by atoms with Gasteiger partial charge in [0.15, 0.2) is 11.5 Å². The van der Waals surface area contributed by atoms with Crippen molar-refractivity contribution in [2.45, 2.75) is 20.1 Å². The molecule has 2 aromatic carbocycles. The molecular formula is C20H25BrClFN2O2. The lowest BCUT2D eigenvalue weighted by Crippen LogP contribution is -2.26. The van der Waals surface area contributed by atoms with Crippen LogP contribution in [0.25, 0.3) is 0 Å². The lowest BCUT2D eigenvalue weighted by molar-refractivity contribution is 0.268. The first-order valence-corrected chi connectivity index (χ1v) is 9.95. The predicted molar refractivity (Wildman–Crippen MR) is 111 cm³/mol. The summed E-state index contributed by atoms with van der Waals surface area (Å²) >= 11 is 9.68. The van der Waals surface area contributed by atoms with E-state index in [9.17, 15) is 4.39 Å². The Bertz CT molecular complexity index is 759. The smallest absolute Gasteiger partial charge is 0.162 e. The molecule has 0 spiro atoms. The quantitative estimate of drug-likeness (QED) is 0.514. The molecule has 2 aromatic rings. The van der Waals surface area contributed by atoms with Gasteiger partial charge in [-0.15, -0.1) is 0 Å². The summed E-state index contributed by atoms with van der Waals surface area (Å²) in [6.45, 7) is 5.27. The van der Waals surface area contributed by atoms with E-state index in [1.54, 1.807) is 6.07 Å². The number of nitrogens with zero attached hydrogens (tertiary/aromatic N) is 1. The zero-order valence-corrected chi connectivity index (χ0v) is 18.2. The van der Waals surface area contributed by atoms with Crippen molar-refractivity contribution in [3.63, 3.8) is 0 Å². The fourth-order valence-corrected chi connectivity index (χ4v) is 3.10. The molecule has 0 aliphatic heterocycles. The van der Waals surface area contributed by atoms with Gasteiger partial charge >= 0.3 is 0 Å². The van der Waals surface area contributed by atoms with E-state index in [1.165, 1.54) is 12.1 Å². The van der Waals surface area contributed by atoms with Crippen molar-refractivity contribution in [1.29, 1.82) is 0 Å². The van der Waals surface area contributed by atoms with Crippen LogP contribution in [-0.4, -0.2) is 38.7 Å². The summed E-state index contributed by atoms with van der Waals surface area (Å²) in [6.07, 6.45) is 0. The number of benzene rings is 2. The second-order valence-electron chi connectivity index (χ2n) is 6.33. The Balaban J connectivity index is 2.09. The Labute approximate surface area is 173 Å². The molecule has 0 heterocycles. The molecule has 4 nitrogen and oxygen atoms in total. The van der Waals surface area contributed by atoms with Gasteiger partial charge in [-0.2, -0.15) is 0 Å². The maximum atomic E-state index is 13.2. The number of nitrogens with one attached hydrogen (secondary N) is 1. The van der Waals surface area contributed by atoms with E-state index in [-0.39, 0.29) is 12.4 Å². The van der Waals surface area contributed by atoms with Crippen molar-refractivity contribution >= 4 is 27.5 Å². The number of rotatable bonds is 10. The van der Waals surface area contributed by atoms with Crippen LogP contribution in [0.1, 0.15) is 18.1 Å². The molecule has 0 unspecified atom stereocenters. The van der Waals surface area contributed by atoms with E-state index in [1.807, 2.05) is 33.2 Å². The van der Waals surface area contributed by atoms with E-state index >= 15 is 0 Å². The molecule has 0 aliphatic rings. The van der Waals surface area contributed by atoms with Crippen LogP contribution in [-0.2, 0) is 13.2 Å². The molecule has 0 saturated carbocycles. The largest absolute Gasteiger partial charge is 0.490 e. The summed E-state index contributed by atoms with van der Waals surface area (Å²) in [4.78, 5) is 2.13. The predicted octanol–water partition coefficient (Wildman–Crippen LogP) is 4.87. The minimum absolute atomic E-state index is 0.228. The Morgan fingerprint density at radius 3 is 2.52 bits per heavy atom. The second kappa shape index (κ2) is 10.9. The molecule has 27 heavy (non-hydrogen) atoms. The molecule has 0 amide bonds. The van der Waals surface area contributed by atoms with Gasteiger partial charge in [0.1, 0.15) is 12.4 Å². The maximum Gasteiger partial charge on any atom is 0.162 e. The highest BCUT2D eigenvalue weighted by Gasteiger charge is 2.12. The first-order valence-electron chi connectivity index (χ1n) is 8.78. The minimum Gasteiger partial charge on any atom is -0.490 e. The Hall–Kier alpha value is -1.34. The fraction of sp³-hybridized carbons (Fsp3) is 0.400. The minimum atomic E-state index is -0.368. The van der Waals surface area contributed by atoms with Crippen molar-refractivity contribution in [1.82, 2.24) is 10.2 Å². The fourth-order valence-electron chi connectivity index (χ4n) is 2.41. The third kappa shape index (κ3) is 6.96. The van der Waals surface area contributed by atoms with Gasteiger partial charge in [0, 0.05) is 29.7 Å². The normalized spacial score (nSPS) is 11.1. The molecular weight excluding hydrogens is 435 g/mol. The van der Waals surface area contributed by atoms with Gasteiger partial charge in [-0.3, -0.25) is 0 Å². The molecule has 2 rings (SSSR count). The molecule has 0 fully saturated rings. The summed E-state index contributed by atoms with van der Waals surface area (Å²) in [5.41, 5.74) is 1.80. The van der Waals surface area contributed by atoms with Gasteiger partial charge in [0.2, 0.25) is 0 Å².